The lowest BCUT2D eigenvalue weighted by atomic mass is 10.0. The molecule has 0 saturated carbocycles. The molecular weight excluding hydrogens is 202 g/mol. The van der Waals surface area contributed by atoms with Crippen LogP contribution in [-0.2, 0) is 4.79 Å². The fourth-order valence-corrected chi connectivity index (χ4v) is 2.77. The van der Waals surface area contributed by atoms with Crippen LogP contribution in [0.25, 0.3) is 0 Å². The molecule has 0 aromatic carbocycles. The van der Waals surface area contributed by atoms with E-state index in [1.807, 2.05) is 0 Å². The number of carbonyl (C=O) groups excluding carboxylic acids is 1. The molecule has 0 aliphatic carbocycles. The molecule has 2 N–H and O–H groups in total. The maximum atomic E-state index is 10.9. The van der Waals surface area contributed by atoms with E-state index in [2.05, 4.69) is 15.5 Å². The molecule has 1 atom stereocenters. The molecule has 92 valence electrons. The van der Waals surface area contributed by atoms with Crippen molar-refractivity contribution in [3.8, 4) is 0 Å². The van der Waals surface area contributed by atoms with Gasteiger partial charge in [-0.1, -0.05) is 0 Å². The zero-order valence-corrected chi connectivity index (χ0v) is 10.2. The summed E-state index contributed by atoms with van der Waals surface area (Å²) in [6, 6.07) is 1.11. The molecule has 2 aliphatic rings. The van der Waals surface area contributed by atoms with Gasteiger partial charge in [-0.25, -0.2) is 0 Å². The van der Waals surface area contributed by atoms with Gasteiger partial charge in [-0.15, -0.1) is 0 Å². The Labute approximate surface area is 97.8 Å². The Hall–Kier alpha value is -0.610. The molecule has 1 amide bonds. The second-order valence-electron chi connectivity index (χ2n) is 5.07. The highest BCUT2D eigenvalue weighted by Gasteiger charge is 2.23. The first kappa shape index (κ1) is 11.9. The highest BCUT2D eigenvalue weighted by Crippen LogP contribution is 2.13. The Bertz CT molecular complexity index is 230. The summed E-state index contributed by atoms with van der Waals surface area (Å²) in [5.41, 5.74) is 0. The average molecular weight is 225 g/mol. The molecule has 4 heteroatoms. The quantitative estimate of drug-likeness (QED) is 0.728. The van der Waals surface area contributed by atoms with Crippen molar-refractivity contribution in [3.05, 3.63) is 0 Å². The highest BCUT2D eigenvalue weighted by atomic mass is 16.1. The van der Waals surface area contributed by atoms with Crippen LogP contribution in [0.3, 0.4) is 0 Å². The number of hydrogen-bond donors (Lipinski definition) is 2. The molecule has 2 fully saturated rings. The lowest BCUT2D eigenvalue weighted by molar-refractivity contribution is -0.119. The van der Waals surface area contributed by atoms with Crippen molar-refractivity contribution in [2.45, 2.75) is 44.7 Å². The number of likely N-dealkylation sites (tertiary alicyclic amines) is 1. The standard InChI is InChI=1S/C12H23N3O/c1-10(16)14-11-4-7-15(8-5-11)9-12-3-2-6-13-12/h11-13H,2-9H2,1H3,(H,14,16). The summed E-state index contributed by atoms with van der Waals surface area (Å²) in [5.74, 6) is 0.107. The molecule has 0 bridgehead atoms. The van der Waals surface area contributed by atoms with Crippen LogP contribution < -0.4 is 10.6 Å². The lowest BCUT2D eigenvalue weighted by Crippen LogP contribution is -2.47. The molecule has 4 nitrogen and oxygen atoms in total. The van der Waals surface area contributed by atoms with Gasteiger partial charge in [0.25, 0.3) is 0 Å². The number of piperidine rings is 1. The van der Waals surface area contributed by atoms with Gasteiger partial charge in [0.2, 0.25) is 5.91 Å². The van der Waals surface area contributed by atoms with Crippen LogP contribution in [-0.4, -0.2) is 49.1 Å². The molecule has 0 aromatic rings. The van der Waals surface area contributed by atoms with Gasteiger partial charge in [0.05, 0.1) is 0 Å². The fourth-order valence-electron chi connectivity index (χ4n) is 2.77. The van der Waals surface area contributed by atoms with E-state index >= 15 is 0 Å². The summed E-state index contributed by atoms with van der Waals surface area (Å²) in [7, 11) is 0. The van der Waals surface area contributed by atoms with Crippen molar-refractivity contribution in [2.24, 2.45) is 0 Å². The molecule has 1 unspecified atom stereocenters. The van der Waals surface area contributed by atoms with Crippen LogP contribution in [0.5, 0.6) is 0 Å². The largest absolute Gasteiger partial charge is 0.354 e. The van der Waals surface area contributed by atoms with E-state index in [1.54, 1.807) is 6.92 Å². The van der Waals surface area contributed by atoms with Crippen molar-refractivity contribution in [2.75, 3.05) is 26.2 Å². The predicted octanol–water partition coefficient (Wildman–Crippen LogP) is 0.339. The number of amides is 1. The molecule has 2 heterocycles. The van der Waals surface area contributed by atoms with Gasteiger partial charge in [0.1, 0.15) is 0 Å². The number of rotatable bonds is 3. The Kier molecular flexibility index (Phi) is 4.18. The normalized spacial score (nSPS) is 28.2. The maximum absolute atomic E-state index is 10.9. The third-order valence-electron chi connectivity index (χ3n) is 3.64. The minimum atomic E-state index is 0.107. The van der Waals surface area contributed by atoms with E-state index in [0.29, 0.717) is 12.1 Å². The van der Waals surface area contributed by atoms with Crippen LogP contribution in [0.15, 0.2) is 0 Å². The number of nitrogens with zero attached hydrogens (tertiary/aromatic N) is 1. The Morgan fingerprint density at radius 2 is 2.12 bits per heavy atom. The molecule has 2 rings (SSSR count). The van der Waals surface area contributed by atoms with Gasteiger partial charge in [-0.3, -0.25) is 4.79 Å². The third-order valence-corrected chi connectivity index (χ3v) is 3.64. The predicted molar refractivity (Wildman–Crippen MR) is 64.3 cm³/mol. The SMILES string of the molecule is CC(=O)NC1CCN(CC2CCCN2)CC1. The van der Waals surface area contributed by atoms with Crippen LogP contribution in [0.2, 0.25) is 0 Å². The first-order chi connectivity index (χ1) is 7.74. The van der Waals surface area contributed by atoms with Gasteiger partial charge in [-0.05, 0) is 32.2 Å². The van der Waals surface area contributed by atoms with Crippen molar-refractivity contribution in [1.29, 1.82) is 0 Å². The van der Waals surface area contributed by atoms with E-state index in [0.717, 1.165) is 25.9 Å². The van der Waals surface area contributed by atoms with E-state index in [1.165, 1.54) is 25.9 Å². The van der Waals surface area contributed by atoms with Crippen LogP contribution in [0, 0.1) is 0 Å². The Morgan fingerprint density at radius 1 is 1.38 bits per heavy atom. The fraction of sp³-hybridized carbons (Fsp3) is 0.917. The van der Waals surface area contributed by atoms with E-state index in [-0.39, 0.29) is 5.91 Å². The zero-order valence-electron chi connectivity index (χ0n) is 10.2. The minimum Gasteiger partial charge on any atom is -0.354 e. The van der Waals surface area contributed by atoms with E-state index < -0.39 is 0 Å². The molecule has 0 aromatic heterocycles. The Morgan fingerprint density at radius 3 is 2.69 bits per heavy atom. The van der Waals surface area contributed by atoms with Crippen molar-refractivity contribution in [1.82, 2.24) is 15.5 Å². The molecule has 0 radical (unpaired) electrons. The maximum Gasteiger partial charge on any atom is 0.217 e. The summed E-state index contributed by atoms with van der Waals surface area (Å²) < 4.78 is 0. The summed E-state index contributed by atoms with van der Waals surface area (Å²) in [6.07, 6.45) is 4.86. The number of hydrogen-bond acceptors (Lipinski definition) is 3. The lowest BCUT2D eigenvalue weighted by Gasteiger charge is -2.33. The molecule has 16 heavy (non-hydrogen) atoms. The molecule has 2 aliphatic heterocycles. The van der Waals surface area contributed by atoms with Crippen LogP contribution in [0.4, 0.5) is 0 Å². The van der Waals surface area contributed by atoms with E-state index in [9.17, 15) is 4.79 Å². The monoisotopic (exact) mass is 225 g/mol. The van der Waals surface area contributed by atoms with Crippen LogP contribution in [0.1, 0.15) is 32.6 Å². The van der Waals surface area contributed by atoms with Crippen LogP contribution >= 0.6 is 0 Å². The van der Waals surface area contributed by atoms with Gasteiger partial charge >= 0.3 is 0 Å². The number of nitrogens with one attached hydrogen (secondary N) is 2. The molecule has 0 spiro atoms. The van der Waals surface area contributed by atoms with Gasteiger partial charge < -0.3 is 15.5 Å². The Balaban J connectivity index is 1.66. The second kappa shape index (κ2) is 5.64. The van der Waals surface area contributed by atoms with Crippen molar-refractivity contribution >= 4 is 5.91 Å². The summed E-state index contributed by atoms with van der Waals surface area (Å²) in [5, 5.41) is 6.55. The van der Waals surface area contributed by atoms with E-state index in [4.69, 9.17) is 0 Å². The third kappa shape index (κ3) is 3.46. The highest BCUT2D eigenvalue weighted by molar-refractivity contribution is 5.73. The van der Waals surface area contributed by atoms with Crippen molar-refractivity contribution < 1.29 is 4.79 Å². The molecular formula is C12H23N3O. The summed E-state index contributed by atoms with van der Waals surface area (Å²) in [6.45, 7) is 6.24. The average Bonchev–Trinajstić information content (AvgIpc) is 2.73. The first-order valence-electron chi connectivity index (χ1n) is 6.47. The summed E-state index contributed by atoms with van der Waals surface area (Å²) in [4.78, 5) is 13.5. The topological polar surface area (TPSA) is 44.4 Å². The molecule has 2 saturated heterocycles. The first-order valence-corrected chi connectivity index (χ1v) is 6.47. The number of carbonyl (C=O) groups is 1. The van der Waals surface area contributed by atoms with Gasteiger partial charge in [0, 0.05) is 38.6 Å². The minimum absolute atomic E-state index is 0.107. The summed E-state index contributed by atoms with van der Waals surface area (Å²) >= 11 is 0. The van der Waals surface area contributed by atoms with Gasteiger partial charge in [-0.2, -0.15) is 0 Å². The second-order valence-corrected chi connectivity index (χ2v) is 5.07. The smallest absolute Gasteiger partial charge is 0.217 e. The zero-order chi connectivity index (χ0) is 11.4. The van der Waals surface area contributed by atoms with Gasteiger partial charge in [0.15, 0.2) is 0 Å². The van der Waals surface area contributed by atoms with Crippen molar-refractivity contribution in [3.63, 3.8) is 0 Å².